The Balaban J connectivity index is 1.97. The minimum atomic E-state index is -1.53. The number of hydrogen-bond acceptors (Lipinski definition) is 8. The summed E-state index contributed by atoms with van der Waals surface area (Å²) in [5, 5.41) is 14.1. The van der Waals surface area contributed by atoms with E-state index in [0.717, 1.165) is 6.42 Å². The monoisotopic (exact) mass is 547 g/mol. The van der Waals surface area contributed by atoms with Gasteiger partial charge in [-0.2, -0.15) is 0 Å². The molecule has 2 rings (SSSR count). The summed E-state index contributed by atoms with van der Waals surface area (Å²) in [5.74, 6) is -0.971. The molecule has 3 amide bonds. The number of benzene rings is 1. The van der Waals surface area contributed by atoms with Crippen molar-refractivity contribution in [3.63, 3.8) is 0 Å². The van der Waals surface area contributed by atoms with Crippen molar-refractivity contribution in [3.8, 4) is 0 Å². The van der Waals surface area contributed by atoms with E-state index >= 15 is 0 Å². The van der Waals surface area contributed by atoms with Crippen LogP contribution < -0.4 is 10.6 Å². The summed E-state index contributed by atoms with van der Waals surface area (Å²) in [6.45, 7) is 14.1. The number of rotatable bonds is 8. The molecule has 0 spiro atoms. The molecule has 3 N–H and O–H groups in total. The lowest BCUT2D eigenvalue weighted by Crippen LogP contribution is -2.53. The zero-order chi connectivity index (χ0) is 29.5. The molecule has 0 saturated carbocycles. The van der Waals surface area contributed by atoms with Crippen molar-refractivity contribution in [3.05, 3.63) is 46.7 Å². The number of amides is 3. The number of aliphatic hydroxyl groups is 1. The third kappa shape index (κ3) is 9.27. The van der Waals surface area contributed by atoms with E-state index in [4.69, 9.17) is 9.84 Å². The van der Waals surface area contributed by atoms with Crippen LogP contribution in [0.2, 0.25) is 0 Å². The van der Waals surface area contributed by atoms with Crippen LogP contribution in [0.5, 0.6) is 0 Å². The van der Waals surface area contributed by atoms with E-state index in [1.807, 2.05) is 0 Å². The van der Waals surface area contributed by atoms with Crippen molar-refractivity contribution in [2.45, 2.75) is 79.6 Å². The molecule has 39 heavy (non-hydrogen) atoms. The van der Waals surface area contributed by atoms with Gasteiger partial charge in [-0.1, -0.05) is 43.7 Å². The number of allylic oxidation sites excluding steroid dienone is 1. The highest BCUT2D eigenvalue weighted by atomic mass is 16.8. The quantitative estimate of drug-likeness (QED) is 0.254. The van der Waals surface area contributed by atoms with Crippen LogP contribution in [0.3, 0.4) is 0 Å². The fourth-order valence-electron chi connectivity index (χ4n) is 4.44. The Kier molecular flexibility index (Phi) is 10.5. The van der Waals surface area contributed by atoms with Gasteiger partial charge in [0, 0.05) is 13.1 Å². The van der Waals surface area contributed by atoms with Gasteiger partial charge in [0.1, 0.15) is 11.8 Å². The average molecular weight is 548 g/mol. The van der Waals surface area contributed by atoms with Crippen LogP contribution in [-0.4, -0.2) is 65.8 Å². The predicted molar refractivity (Wildman–Crippen MR) is 143 cm³/mol. The SMILES string of the molecule is CC(C)=C(NC(=O)NC(C)(C)OC(=O)OCOC(=O)C(C)O)C(=O)N1CCC(c2ccc(C)cc2)C(C)(C)C1. The molecule has 0 aliphatic carbocycles. The summed E-state index contributed by atoms with van der Waals surface area (Å²) in [5.41, 5.74) is 1.49. The molecule has 1 fully saturated rings. The molecule has 2 atom stereocenters. The summed E-state index contributed by atoms with van der Waals surface area (Å²) in [7, 11) is 0. The molecule has 0 bridgehead atoms. The summed E-state index contributed by atoms with van der Waals surface area (Å²) in [6, 6.07) is 7.74. The minimum Gasteiger partial charge on any atom is -0.426 e. The molecule has 1 heterocycles. The Morgan fingerprint density at radius 3 is 2.28 bits per heavy atom. The maximum Gasteiger partial charge on any atom is 0.513 e. The normalized spacial score (nSPS) is 17.4. The number of ether oxygens (including phenoxy) is 3. The van der Waals surface area contributed by atoms with Crippen molar-refractivity contribution in [2.75, 3.05) is 19.9 Å². The highest BCUT2D eigenvalue weighted by Gasteiger charge is 2.39. The van der Waals surface area contributed by atoms with Gasteiger partial charge in [-0.05, 0) is 70.4 Å². The first-order valence-electron chi connectivity index (χ1n) is 12.9. The van der Waals surface area contributed by atoms with Gasteiger partial charge in [0.15, 0.2) is 5.72 Å². The number of esters is 1. The van der Waals surface area contributed by atoms with E-state index in [0.29, 0.717) is 24.6 Å². The summed E-state index contributed by atoms with van der Waals surface area (Å²) >= 11 is 0. The van der Waals surface area contributed by atoms with Crippen LogP contribution in [-0.2, 0) is 23.8 Å². The molecule has 1 saturated heterocycles. The first-order valence-corrected chi connectivity index (χ1v) is 12.9. The molecule has 0 aromatic heterocycles. The Labute approximate surface area is 229 Å². The van der Waals surface area contributed by atoms with Gasteiger partial charge in [-0.15, -0.1) is 0 Å². The number of nitrogens with zero attached hydrogens (tertiary/aromatic N) is 1. The standard InChI is InChI=1S/C28H41N3O8/c1-17(2)22(29-25(35)30-28(7,8)39-26(36)38-16-37-24(34)19(4)32)23(33)31-14-13-21(27(5,6)15-31)20-11-9-18(3)10-12-20/h9-12,19,21,32H,13-16H2,1-8H3,(H2,29,30,35). The molecule has 11 heteroatoms. The van der Waals surface area contributed by atoms with Crippen LogP contribution in [0.4, 0.5) is 9.59 Å². The molecule has 1 aliphatic heterocycles. The molecular weight excluding hydrogens is 506 g/mol. The molecular formula is C28H41N3O8. The number of hydrogen-bond donors (Lipinski definition) is 3. The molecule has 216 valence electrons. The van der Waals surface area contributed by atoms with Gasteiger partial charge in [0.25, 0.3) is 5.91 Å². The van der Waals surface area contributed by atoms with Crippen LogP contribution in [0, 0.1) is 12.3 Å². The van der Waals surface area contributed by atoms with Gasteiger partial charge in [-0.25, -0.2) is 14.4 Å². The lowest BCUT2D eigenvalue weighted by Gasteiger charge is -2.45. The second-order valence-electron chi connectivity index (χ2n) is 11.2. The van der Waals surface area contributed by atoms with Crippen LogP contribution in [0.15, 0.2) is 35.5 Å². The Hall–Kier alpha value is -3.60. The Bertz CT molecular complexity index is 1090. The topological polar surface area (TPSA) is 144 Å². The molecule has 11 nitrogen and oxygen atoms in total. The number of aliphatic hydroxyl groups excluding tert-OH is 1. The minimum absolute atomic E-state index is 0.139. The van der Waals surface area contributed by atoms with Gasteiger partial charge >= 0.3 is 18.2 Å². The number of likely N-dealkylation sites (tertiary alicyclic amines) is 1. The van der Waals surface area contributed by atoms with E-state index in [2.05, 4.69) is 65.1 Å². The lowest BCUT2D eigenvalue weighted by atomic mass is 9.70. The average Bonchev–Trinajstić information content (AvgIpc) is 2.81. The smallest absolute Gasteiger partial charge is 0.426 e. The van der Waals surface area contributed by atoms with Crippen LogP contribution >= 0.6 is 0 Å². The van der Waals surface area contributed by atoms with Crippen molar-refractivity contribution in [1.29, 1.82) is 0 Å². The van der Waals surface area contributed by atoms with Crippen LogP contribution in [0.25, 0.3) is 0 Å². The molecule has 0 radical (unpaired) electrons. The summed E-state index contributed by atoms with van der Waals surface area (Å²) in [6.07, 6.45) is -1.79. The number of piperidine rings is 1. The fourth-order valence-corrected chi connectivity index (χ4v) is 4.44. The zero-order valence-electron chi connectivity index (χ0n) is 24.0. The van der Waals surface area contributed by atoms with Crippen molar-refractivity contribution in [1.82, 2.24) is 15.5 Å². The largest absolute Gasteiger partial charge is 0.513 e. The van der Waals surface area contributed by atoms with Crippen molar-refractivity contribution in [2.24, 2.45) is 5.41 Å². The van der Waals surface area contributed by atoms with E-state index in [1.54, 1.807) is 18.7 Å². The van der Waals surface area contributed by atoms with Gasteiger partial charge < -0.3 is 34.9 Å². The lowest BCUT2D eigenvalue weighted by molar-refractivity contribution is -0.163. The third-order valence-corrected chi connectivity index (χ3v) is 6.42. The van der Waals surface area contributed by atoms with Gasteiger partial charge in [-0.3, -0.25) is 4.79 Å². The van der Waals surface area contributed by atoms with E-state index in [9.17, 15) is 19.2 Å². The maximum atomic E-state index is 13.5. The molecule has 1 aromatic rings. The van der Waals surface area contributed by atoms with Gasteiger partial charge in [0.2, 0.25) is 6.79 Å². The predicted octanol–water partition coefficient (Wildman–Crippen LogP) is 3.70. The number of aryl methyl sites for hydroxylation is 1. The summed E-state index contributed by atoms with van der Waals surface area (Å²) in [4.78, 5) is 51.1. The zero-order valence-corrected chi connectivity index (χ0v) is 24.0. The third-order valence-electron chi connectivity index (χ3n) is 6.42. The highest BCUT2D eigenvalue weighted by molar-refractivity contribution is 5.98. The highest BCUT2D eigenvalue weighted by Crippen LogP contribution is 2.42. The fraction of sp³-hybridized carbons (Fsp3) is 0.571. The van der Waals surface area contributed by atoms with E-state index in [1.165, 1.54) is 31.9 Å². The van der Waals surface area contributed by atoms with Crippen LogP contribution in [0.1, 0.15) is 71.9 Å². The number of nitrogens with one attached hydrogen (secondary N) is 2. The van der Waals surface area contributed by atoms with Gasteiger partial charge in [0.05, 0.1) is 0 Å². The number of carbonyl (C=O) groups excluding carboxylic acids is 4. The molecule has 1 aromatic carbocycles. The Morgan fingerprint density at radius 1 is 1.13 bits per heavy atom. The van der Waals surface area contributed by atoms with E-state index < -0.39 is 36.8 Å². The molecule has 2 unspecified atom stereocenters. The molecule has 1 aliphatic rings. The first-order chi connectivity index (χ1) is 18.0. The van der Waals surface area contributed by atoms with Crippen molar-refractivity contribution >= 4 is 24.1 Å². The number of carbonyl (C=O) groups is 4. The number of urea groups is 1. The second-order valence-corrected chi connectivity index (χ2v) is 11.2. The van der Waals surface area contributed by atoms with E-state index in [-0.39, 0.29) is 17.0 Å². The first kappa shape index (κ1) is 31.6. The Morgan fingerprint density at radius 2 is 1.74 bits per heavy atom. The maximum absolute atomic E-state index is 13.5. The second kappa shape index (κ2) is 13.0. The van der Waals surface area contributed by atoms with Crippen molar-refractivity contribution < 1.29 is 38.5 Å². The summed E-state index contributed by atoms with van der Waals surface area (Å²) < 4.78 is 14.2.